The second-order valence-corrected chi connectivity index (χ2v) is 5.56. The van der Waals surface area contributed by atoms with E-state index in [2.05, 4.69) is 15.9 Å². The molecule has 1 aromatic carbocycles. The highest BCUT2D eigenvalue weighted by molar-refractivity contribution is 9.10. The van der Waals surface area contributed by atoms with E-state index in [1.165, 1.54) is 0 Å². The molecule has 1 aliphatic heterocycles. The lowest BCUT2D eigenvalue weighted by molar-refractivity contribution is 0.0601. The van der Waals surface area contributed by atoms with Crippen LogP contribution in [0.2, 0.25) is 0 Å². The second-order valence-electron chi connectivity index (χ2n) is 4.64. The largest absolute Gasteiger partial charge is 0.381 e. The van der Waals surface area contributed by atoms with Crippen LogP contribution >= 0.6 is 15.9 Å². The van der Waals surface area contributed by atoms with Crippen LogP contribution in [0.15, 0.2) is 22.7 Å². The lowest BCUT2D eigenvalue weighted by Gasteiger charge is -2.21. The quantitative estimate of drug-likeness (QED) is 0.794. The van der Waals surface area contributed by atoms with Crippen molar-refractivity contribution in [3.05, 3.63) is 33.8 Å². The van der Waals surface area contributed by atoms with Crippen molar-refractivity contribution in [1.29, 1.82) is 0 Å². The van der Waals surface area contributed by atoms with Gasteiger partial charge in [-0.05, 0) is 43.4 Å². The fourth-order valence-corrected chi connectivity index (χ4v) is 2.74. The van der Waals surface area contributed by atoms with Gasteiger partial charge in [-0.15, -0.1) is 0 Å². The average Bonchev–Trinajstić information content (AvgIpc) is 2.30. The molecule has 0 bridgehead atoms. The summed E-state index contributed by atoms with van der Waals surface area (Å²) in [7, 11) is 0. The van der Waals surface area contributed by atoms with Crippen molar-refractivity contribution in [2.75, 3.05) is 13.2 Å². The van der Waals surface area contributed by atoms with Gasteiger partial charge in [-0.2, -0.15) is 0 Å². The third kappa shape index (κ3) is 3.39. The first-order valence-corrected chi connectivity index (χ1v) is 6.83. The highest BCUT2D eigenvalue weighted by Gasteiger charge is 2.19. The Morgan fingerprint density at radius 1 is 1.41 bits per heavy atom. The van der Waals surface area contributed by atoms with Gasteiger partial charge in [-0.25, -0.2) is 0 Å². The summed E-state index contributed by atoms with van der Waals surface area (Å²) in [5, 5.41) is 0. The van der Waals surface area contributed by atoms with E-state index in [1.54, 1.807) is 0 Å². The van der Waals surface area contributed by atoms with E-state index in [-0.39, 0.29) is 5.78 Å². The van der Waals surface area contributed by atoms with E-state index in [1.807, 2.05) is 25.1 Å². The number of aryl methyl sites for hydroxylation is 1. The minimum atomic E-state index is 0.266. The fraction of sp³-hybridized carbons (Fsp3) is 0.500. The third-order valence-electron chi connectivity index (χ3n) is 3.30. The SMILES string of the molecule is Cc1cc(Br)ccc1C(=O)CC1CCOCC1. The summed E-state index contributed by atoms with van der Waals surface area (Å²) >= 11 is 3.42. The highest BCUT2D eigenvalue weighted by Crippen LogP contribution is 2.23. The Morgan fingerprint density at radius 2 is 2.12 bits per heavy atom. The van der Waals surface area contributed by atoms with Crippen molar-refractivity contribution >= 4 is 21.7 Å². The van der Waals surface area contributed by atoms with Gasteiger partial charge in [0.25, 0.3) is 0 Å². The molecule has 0 spiro atoms. The van der Waals surface area contributed by atoms with Gasteiger partial charge in [0.1, 0.15) is 0 Å². The maximum atomic E-state index is 12.2. The Labute approximate surface area is 110 Å². The zero-order valence-electron chi connectivity index (χ0n) is 10.0. The first-order valence-electron chi connectivity index (χ1n) is 6.04. The van der Waals surface area contributed by atoms with Gasteiger partial charge in [0.2, 0.25) is 0 Å². The summed E-state index contributed by atoms with van der Waals surface area (Å²) in [6.07, 6.45) is 2.69. The van der Waals surface area contributed by atoms with E-state index in [0.717, 1.165) is 41.7 Å². The zero-order valence-corrected chi connectivity index (χ0v) is 11.6. The summed E-state index contributed by atoms with van der Waals surface area (Å²) in [4.78, 5) is 12.2. The minimum absolute atomic E-state index is 0.266. The van der Waals surface area contributed by atoms with Crippen LogP contribution in [0.4, 0.5) is 0 Å². The molecular formula is C14H17BrO2. The van der Waals surface area contributed by atoms with Gasteiger partial charge in [0, 0.05) is 29.7 Å². The van der Waals surface area contributed by atoms with Crippen molar-refractivity contribution in [2.45, 2.75) is 26.2 Å². The van der Waals surface area contributed by atoms with Gasteiger partial charge in [0.15, 0.2) is 5.78 Å². The van der Waals surface area contributed by atoms with E-state index in [4.69, 9.17) is 4.74 Å². The number of hydrogen-bond donors (Lipinski definition) is 0. The molecule has 1 aliphatic rings. The van der Waals surface area contributed by atoms with Gasteiger partial charge in [-0.3, -0.25) is 4.79 Å². The number of carbonyl (C=O) groups excluding carboxylic acids is 1. The van der Waals surface area contributed by atoms with Crippen molar-refractivity contribution in [3.63, 3.8) is 0 Å². The van der Waals surface area contributed by atoms with E-state index < -0.39 is 0 Å². The Morgan fingerprint density at radius 3 is 2.76 bits per heavy atom. The molecule has 0 aromatic heterocycles. The number of ketones is 1. The first kappa shape index (κ1) is 12.8. The molecule has 0 aliphatic carbocycles. The number of rotatable bonds is 3. The van der Waals surface area contributed by atoms with Crippen LogP contribution in [-0.2, 0) is 4.74 Å². The van der Waals surface area contributed by atoms with Gasteiger partial charge < -0.3 is 4.74 Å². The standard InChI is InChI=1S/C14H17BrO2/c1-10-8-12(15)2-3-13(10)14(16)9-11-4-6-17-7-5-11/h2-3,8,11H,4-7,9H2,1H3. The topological polar surface area (TPSA) is 26.3 Å². The number of ether oxygens (including phenoxy) is 1. The molecule has 1 heterocycles. The van der Waals surface area contributed by atoms with Gasteiger partial charge >= 0.3 is 0 Å². The molecule has 0 unspecified atom stereocenters. The summed E-state index contributed by atoms with van der Waals surface area (Å²) in [6, 6.07) is 5.85. The predicted molar refractivity (Wildman–Crippen MR) is 71.4 cm³/mol. The first-order chi connectivity index (χ1) is 8.16. The fourth-order valence-electron chi connectivity index (χ4n) is 2.26. The van der Waals surface area contributed by atoms with Crippen LogP contribution < -0.4 is 0 Å². The molecule has 92 valence electrons. The van der Waals surface area contributed by atoms with Crippen LogP contribution in [-0.4, -0.2) is 19.0 Å². The van der Waals surface area contributed by atoms with E-state index in [9.17, 15) is 4.79 Å². The molecule has 0 atom stereocenters. The van der Waals surface area contributed by atoms with Crippen LogP contribution in [0.25, 0.3) is 0 Å². The van der Waals surface area contributed by atoms with Crippen molar-refractivity contribution in [2.24, 2.45) is 5.92 Å². The Kier molecular flexibility index (Phi) is 4.35. The molecule has 0 radical (unpaired) electrons. The molecule has 3 heteroatoms. The maximum absolute atomic E-state index is 12.2. The minimum Gasteiger partial charge on any atom is -0.381 e. The summed E-state index contributed by atoms with van der Waals surface area (Å²) < 4.78 is 6.33. The Hall–Kier alpha value is -0.670. The molecule has 1 aromatic rings. The lowest BCUT2D eigenvalue weighted by Crippen LogP contribution is -2.19. The van der Waals surface area contributed by atoms with Crippen molar-refractivity contribution < 1.29 is 9.53 Å². The zero-order chi connectivity index (χ0) is 12.3. The maximum Gasteiger partial charge on any atom is 0.163 e. The average molecular weight is 297 g/mol. The third-order valence-corrected chi connectivity index (χ3v) is 3.80. The van der Waals surface area contributed by atoms with Gasteiger partial charge in [0.05, 0.1) is 0 Å². The monoisotopic (exact) mass is 296 g/mol. The predicted octanol–water partition coefficient (Wildman–Crippen LogP) is 3.76. The molecule has 17 heavy (non-hydrogen) atoms. The summed E-state index contributed by atoms with van der Waals surface area (Å²) in [5.74, 6) is 0.765. The normalized spacial score (nSPS) is 17.1. The van der Waals surface area contributed by atoms with Crippen molar-refractivity contribution in [1.82, 2.24) is 0 Å². The lowest BCUT2D eigenvalue weighted by atomic mass is 9.91. The highest BCUT2D eigenvalue weighted by atomic mass is 79.9. The molecule has 2 nitrogen and oxygen atoms in total. The number of carbonyl (C=O) groups is 1. The van der Waals surface area contributed by atoms with Gasteiger partial charge in [-0.1, -0.05) is 22.0 Å². The molecule has 1 fully saturated rings. The number of Topliss-reactive ketones (excluding diaryl/α,β-unsaturated/α-hetero) is 1. The summed E-state index contributed by atoms with van der Waals surface area (Å²) in [6.45, 7) is 3.59. The van der Waals surface area contributed by atoms with E-state index >= 15 is 0 Å². The second kappa shape index (κ2) is 5.78. The van der Waals surface area contributed by atoms with Crippen LogP contribution in [0, 0.1) is 12.8 Å². The number of halogens is 1. The molecule has 1 saturated heterocycles. The molecule has 0 saturated carbocycles. The van der Waals surface area contributed by atoms with Crippen LogP contribution in [0.3, 0.4) is 0 Å². The molecule has 2 rings (SSSR count). The molecule has 0 amide bonds. The number of hydrogen-bond acceptors (Lipinski definition) is 2. The van der Waals surface area contributed by atoms with Crippen LogP contribution in [0.5, 0.6) is 0 Å². The van der Waals surface area contributed by atoms with Crippen LogP contribution in [0.1, 0.15) is 35.2 Å². The van der Waals surface area contributed by atoms with E-state index in [0.29, 0.717) is 12.3 Å². The molecule has 0 N–H and O–H groups in total. The van der Waals surface area contributed by atoms with Crippen molar-refractivity contribution in [3.8, 4) is 0 Å². The smallest absolute Gasteiger partial charge is 0.163 e. The molecular weight excluding hydrogens is 280 g/mol. The number of benzene rings is 1. The summed E-state index contributed by atoms with van der Waals surface area (Å²) in [5.41, 5.74) is 1.91. The Balaban J connectivity index is 2.03. The Bertz CT molecular complexity index is 409.